The lowest BCUT2D eigenvalue weighted by atomic mass is 9.94. The van der Waals surface area contributed by atoms with Gasteiger partial charge in [0.2, 0.25) is 5.89 Å². The summed E-state index contributed by atoms with van der Waals surface area (Å²) in [5.74, 6) is 0.659. The number of aromatic nitrogens is 1. The van der Waals surface area contributed by atoms with Gasteiger partial charge in [0.05, 0.1) is 5.54 Å². The first-order valence-electron chi connectivity index (χ1n) is 6.17. The molecular formula is C14H20N2O. The highest BCUT2D eigenvalue weighted by Gasteiger charge is 2.29. The molecule has 0 bridgehead atoms. The van der Waals surface area contributed by atoms with Crippen molar-refractivity contribution in [3.63, 3.8) is 0 Å². The maximum atomic E-state index is 6.31. The Morgan fingerprint density at radius 1 is 1.24 bits per heavy atom. The maximum Gasteiger partial charge on any atom is 0.215 e. The zero-order valence-electron chi connectivity index (χ0n) is 11.0. The van der Waals surface area contributed by atoms with Gasteiger partial charge in [-0.3, -0.25) is 0 Å². The fourth-order valence-corrected chi connectivity index (χ4v) is 2.14. The van der Waals surface area contributed by atoms with Gasteiger partial charge in [0.1, 0.15) is 5.52 Å². The van der Waals surface area contributed by atoms with E-state index in [0.29, 0.717) is 5.89 Å². The Kier molecular flexibility index (Phi) is 2.96. The second-order valence-corrected chi connectivity index (χ2v) is 4.81. The van der Waals surface area contributed by atoms with Gasteiger partial charge in [-0.25, -0.2) is 4.98 Å². The van der Waals surface area contributed by atoms with Gasteiger partial charge >= 0.3 is 0 Å². The van der Waals surface area contributed by atoms with Gasteiger partial charge < -0.3 is 10.2 Å². The summed E-state index contributed by atoms with van der Waals surface area (Å²) in [7, 11) is 0. The Labute approximate surface area is 102 Å². The largest absolute Gasteiger partial charge is 0.438 e. The van der Waals surface area contributed by atoms with Crippen LogP contribution < -0.4 is 5.73 Å². The SMILES string of the molecule is CCC(N)(CC)c1nc2cc(C)cc(C)c2o1. The number of nitrogens with two attached hydrogens (primary N) is 1. The third-order valence-corrected chi connectivity index (χ3v) is 3.51. The van der Waals surface area contributed by atoms with E-state index in [9.17, 15) is 0 Å². The molecule has 2 rings (SSSR count). The number of aryl methyl sites for hydroxylation is 2. The maximum absolute atomic E-state index is 6.31. The van der Waals surface area contributed by atoms with E-state index in [1.54, 1.807) is 0 Å². The predicted molar refractivity (Wildman–Crippen MR) is 69.9 cm³/mol. The zero-order valence-corrected chi connectivity index (χ0v) is 11.0. The standard InChI is InChI=1S/C14H20N2O/c1-5-14(15,6-2)13-16-11-8-9(3)7-10(4)12(11)17-13/h7-8H,5-6,15H2,1-4H3. The van der Waals surface area contributed by atoms with E-state index >= 15 is 0 Å². The first kappa shape index (κ1) is 12.1. The van der Waals surface area contributed by atoms with E-state index in [2.05, 4.69) is 31.8 Å². The van der Waals surface area contributed by atoms with E-state index in [-0.39, 0.29) is 0 Å². The number of rotatable bonds is 3. The molecule has 0 radical (unpaired) electrons. The molecule has 0 fully saturated rings. The summed E-state index contributed by atoms with van der Waals surface area (Å²) in [6.07, 6.45) is 1.66. The quantitative estimate of drug-likeness (QED) is 0.882. The minimum atomic E-state index is -0.445. The fourth-order valence-electron chi connectivity index (χ4n) is 2.14. The van der Waals surface area contributed by atoms with E-state index in [1.165, 1.54) is 5.56 Å². The van der Waals surface area contributed by atoms with E-state index < -0.39 is 5.54 Å². The van der Waals surface area contributed by atoms with Crippen molar-refractivity contribution in [3.05, 3.63) is 29.2 Å². The smallest absolute Gasteiger partial charge is 0.215 e. The fraction of sp³-hybridized carbons (Fsp3) is 0.500. The van der Waals surface area contributed by atoms with Crippen molar-refractivity contribution < 1.29 is 4.42 Å². The van der Waals surface area contributed by atoms with Crippen LogP contribution in [0.4, 0.5) is 0 Å². The van der Waals surface area contributed by atoms with Crippen LogP contribution in [0.2, 0.25) is 0 Å². The monoisotopic (exact) mass is 232 g/mol. The number of benzene rings is 1. The molecule has 3 nitrogen and oxygen atoms in total. The van der Waals surface area contributed by atoms with Crippen molar-refractivity contribution in [2.45, 2.75) is 46.1 Å². The summed E-state index contributed by atoms with van der Waals surface area (Å²) in [5, 5.41) is 0. The Hall–Kier alpha value is -1.35. The zero-order chi connectivity index (χ0) is 12.6. The van der Waals surface area contributed by atoms with Crippen molar-refractivity contribution in [2.75, 3.05) is 0 Å². The molecule has 0 saturated heterocycles. The van der Waals surface area contributed by atoms with Gasteiger partial charge in [0, 0.05) is 0 Å². The van der Waals surface area contributed by atoms with Gasteiger partial charge in [-0.2, -0.15) is 0 Å². The molecule has 92 valence electrons. The van der Waals surface area contributed by atoms with E-state index in [4.69, 9.17) is 10.2 Å². The van der Waals surface area contributed by atoms with Gasteiger partial charge in [0.15, 0.2) is 5.58 Å². The molecule has 17 heavy (non-hydrogen) atoms. The lowest BCUT2D eigenvalue weighted by Gasteiger charge is -2.21. The predicted octanol–water partition coefficient (Wildman–Crippen LogP) is 3.42. The molecule has 0 aliphatic rings. The number of nitrogens with zero attached hydrogens (tertiary/aromatic N) is 1. The molecule has 0 aliphatic heterocycles. The third-order valence-electron chi connectivity index (χ3n) is 3.51. The molecule has 1 heterocycles. The molecule has 0 spiro atoms. The molecule has 0 aliphatic carbocycles. The average molecular weight is 232 g/mol. The summed E-state index contributed by atoms with van der Waals surface area (Å²) in [6.45, 7) is 8.24. The van der Waals surface area contributed by atoms with Crippen LogP contribution in [0.15, 0.2) is 16.5 Å². The highest BCUT2D eigenvalue weighted by atomic mass is 16.4. The number of hydrogen-bond acceptors (Lipinski definition) is 3. The number of oxazole rings is 1. The highest BCUT2D eigenvalue weighted by molar-refractivity contribution is 5.77. The van der Waals surface area contributed by atoms with Crippen molar-refractivity contribution >= 4 is 11.1 Å². The average Bonchev–Trinajstić information content (AvgIpc) is 2.72. The first-order valence-corrected chi connectivity index (χ1v) is 6.17. The molecule has 0 unspecified atom stereocenters. The van der Waals surface area contributed by atoms with Crippen molar-refractivity contribution in [1.82, 2.24) is 4.98 Å². The summed E-state index contributed by atoms with van der Waals surface area (Å²) in [5.41, 5.74) is 9.96. The van der Waals surface area contributed by atoms with Crippen LogP contribution in [0.5, 0.6) is 0 Å². The molecular weight excluding hydrogens is 212 g/mol. The minimum Gasteiger partial charge on any atom is -0.438 e. The molecule has 0 saturated carbocycles. The van der Waals surface area contributed by atoms with Gasteiger partial charge in [-0.05, 0) is 43.9 Å². The van der Waals surface area contributed by atoms with Crippen LogP contribution in [-0.4, -0.2) is 4.98 Å². The van der Waals surface area contributed by atoms with Gasteiger partial charge in [-0.1, -0.05) is 19.9 Å². The summed E-state index contributed by atoms with van der Waals surface area (Å²) >= 11 is 0. The molecule has 3 heteroatoms. The van der Waals surface area contributed by atoms with Crippen LogP contribution in [0.3, 0.4) is 0 Å². The second-order valence-electron chi connectivity index (χ2n) is 4.81. The third kappa shape index (κ3) is 1.95. The van der Waals surface area contributed by atoms with Crippen LogP contribution in [0.1, 0.15) is 43.7 Å². The molecule has 1 aromatic carbocycles. The Morgan fingerprint density at radius 2 is 1.88 bits per heavy atom. The van der Waals surface area contributed by atoms with Gasteiger partial charge in [0.25, 0.3) is 0 Å². The van der Waals surface area contributed by atoms with Gasteiger partial charge in [-0.15, -0.1) is 0 Å². The first-order chi connectivity index (χ1) is 8.00. The molecule has 0 amide bonds. The lowest BCUT2D eigenvalue weighted by Crippen LogP contribution is -2.35. The molecule has 1 aromatic heterocycles. The van der Waals surface area contributed by atoms with E-state index in [0.717, 1.165) is 29.5 Å². The molecule has 2 N–H and O–H groups in total. The van der Waals surface area contributed by atoms with Crippen molar-refractivity contribution in [3.8, 4) is 0 Å². The topological polar surface area (TPSA) is 52.0 Å². The van der Waals surface area contributed by atoms with Crippen LogP contribution >= 0.6 is 0 Å². The number of hydrogen-bond donors (Lipinski definition) is 1. The Morgan fingerprint density at radius 3 is 2.47 bits per heavy atom. The molecule has 0 atom stereocenters. The molecule has 2 aromatic rings. The number of fused-ring (bicyclic) bond motifs is 1. The van der Waals surface area contributed by atoms with Crippen LogP contribution in [-0.2, 0) is 5.54 Å². The summed E-state index contributed by atoms with van der Waals surface area (Å²) < 4.78 is 5.86. The summed E-state index contributed by atoms with van der Waals surface area (Å²) in [6, 6.07) is 4.15. The lowest BCUT2D eigenvalue weighted by molar-refractivity contribution is 0.318. The van der Waals surface area contributed by atoms with Crippen molar-refractivity contribution in [2.24, 2.45) is 5.73 Å². The van der Waals surface area contributed by atoms with Crippen molar-refractivity contribution in [1.29, 1.82) is 0 Å². The van der Waals surface area contributed by atoms with Crippen LogP contribution in [0, 0.1) is 13.8 Å². The summed E-state index contributed by atoms with van der Waals surface area (Å²) in [4.78, 5) is 4.56. The van der Waals surface area contributed by atoms with Crippen LogP contribution in [0.25, 0.3) is 11.1 Å². The Bertz CT molecular complexity index is 538. The highest BCUT2D eigenvalue weighted by Crippen LogP contribution is 2.30. The normalized spacial score (nSPS) is 12.3. The minimum absolute atomic E-state index is 0.445. The Balaban J connectivity index is 2.62. The second kappa shape index (κ2) is 4.15. The van der Waals surface area contributed by atoms with E-state index in [1.807, 2.05) is 13.0 Å².